The van der Waals surface area contributed by atoms with Crippen molar-refractivity contribution in [3.63, 3.8) is 0 Å². The molecule has 1 aliphatic rings. The van der Waals surface area contributed by atoms with Crippen LogP contribution < -0.4 is 9.46 Å². The van der Waals surface area contributed by atoms with Crippen molar-refractivity contribution in [3.8, 4) is 5.88 Å². The maximum atomic E-state index is 12.0. The third kappa shape index (κ3) is 4.04. The minimum Gasteiger partial charge on any atom is -0.481 e. The highest BCUT2D eigenvalue weighted by atomic mass is 32.2. The molecule has 0 spiro atoms. The Morgan fingerprint density at radius 3 is 2.76 bits per heavy atom. The van der Waals surface area contributed by atoms with Crippen molar-refractivity contribution in [3.05, 3.63) is 30.0 Å². The van der Waals surface area contributed by atoms with Crippen LogP contribution in [0.5, 0.6) is 5.88 Å². The SMILES string of the molecule is COc1ccc(S(=O)(=O)NC(=O)/C=C2/CCC(C)C2)cn1. The summed E-state index contributed by atoms with van der Waals surface area (Å²) in [5.74, 6) is 0.240. The average molecular weight is 310 g/mol. The molecule has 1 fully saturated rings. The summed E-state index contributed by atoms with van der Waals surface area (Å²) in [4.78, 5) is 15.5. The van der Waals surface area contributed by atoms with Crippen LogP contribution in [0.4, 0.5) is 0 Å². The van der Waals surface area contributed by atoms with Crippen molar-refractivity contribution in [2.75, 3.05) is 7.11 Å². The van der Waals surface area contributed by atoms with Gasteiger partial charge in [0.2, 0.25) is 5.88 Å². The second-order valence-electron chi connectivity index (χ2n) is 5.16. The van der Waals surface area contributed by atoms with Gasteiger partial charge in [0, 0.05) is 12.1 Å². The highest BCUT2D eigenvalue weighted by Gasteiger charge is 2.20. The summed E-state index contributed by atoms with van der Waals surface area (Å²) in [6, 6.07) is 2.77. The van der Waals surface area contributed by atoms with Crippen LogP contribution >= 0.6 is 0 Å². The Bertz CT molecular complexity index is 650. The Labute approximate surface area is 124 Å². The number of ether oxygens (including phenoxy) is 1. The molecule has 6 nitrogen and oxygen atoms in total. The first kappa shape index (κ1) is 15.5. The molecular weight excluding hydrogens is 292 g/mol. The van der Waals surface area contributed by atoms with Crippen LogP contribution in [0.15, 0.2) is 34.9 Å². The van der Waals surface area contributed by atoms with Gasteiger partial charge in [-0.3, -0.25) is 4.79 Å². The van der Waals surface area contributed by atoms with Crippen molar-refractivity contribution < 1.29 is 17.9 Å². The van der Waals surface area contributed by atoms with Gasteiger partial charge >= 0.3 is 0 Å². The van der Waals surface area contributed by atoms with Crippen LogP contribution in [0.2, 0.25) is 0 Å². The van der Waals surface area contributed by atoms with E-state index in [1.165, 1.54) is 25.3 Å². The Balaban J connectivity index is 2.08. The number of methoxy groups -OCH3 is 1. The number of carbonyl (C=O) groups excluding carboxylic acids is 1. The molecule has 0 bridgehead atoms. The predicted molar refractivity (Wildman–Crippen MR) is 77.2 cm³/mol. The van der Waals surface area contributed by atoms with E-state index in [9.17, 15) is 13.2 Å². The molecule has 1 atom stereocenters. The molecule has 1 amide bonds. The second-order valence-corrected chi connectivity index (χ2v) is 6.84. The zero-order valence-electron chi connectivity index (χ0n) is 12.0. The number of nitrogens with zero attached hydrogens (tertiary/aromatic N) is 1. The van der Waals surface area contributed by atoms with E-state index in [2.05, 4.69) is 11.9 Å². The van der Waals surface area contributed by atoms with Gasteiger partial charge in [-0.2, -0.15) is 0 Å². The van der Waals surface area contributed by atoms with Crippen molar-refractivity contribution >= 4 is 15.9 Å². The van der Waals surface area contributed by atoms with Gasteiger partial charge in [0.25, 0.3) is 15.9 Å². The van der Waals surface area contributed by atoms with E-state index >= 15 is 0 Å². The largest absolute Gasteiger partial charge is 0.481 e. The van der Waals surface area contributed by atoms with E-state index < -0.39 is 15.9 Å². The molecule has 0 saturated heterocycles. The van der Waals surface area contributed by atoms with Gasteiger partial charge in [0.1, 0.15) is 4.90 Å². The van der Waals surface area contributed by atoms with Gasteiger partial charge in [-0.05, 0) is 31.2 Å². The number of hydrogen-bond acceptors (Lipinski definition) is 5. The van der Waals surface area contributed by atoms with Gasteiger partial charge in [-0.25, -0.2) is 18.1 Å². The summed E-state index contributed by atoms with van der Waals surface area (Å²) in [6.07, 6.45) is 5.27. The second kappa shape index (κ2) is 6.26. The van der Waals surface area contributed by atoms with E-state index in [1.807, 2.05) is 4.72 Å². The fraction of sp³-hybridized carbons (Fsp3) is 0.429. The van der Waals surface area contributed by atoms with Crippen LogP contribution in [0.1, 0.15) is 26.2 Å². The van der Waals surface area contributed by atoms with Crippen LogP contribution in [0.25, 0.3) is 0 Å². The third-order valence-electron chi connectivity index (χ3n) is 3.37. The molecule has 1 saturated carbocycles. The highest BCUT2D eigenvalue weighted by Crippen LogP contribution is 2.29. The minimum atomic E-state index is -3.90. The molecule has 2 rings (SSSR count). The van der Waals surface area contributed by atoms with Crippen molar-refractivity contribution in [2.45, 2.75) is 31.1 Å². The molecule has 1 aromatic heterocycles. The lowest BCUT2D eigenvalue weighted by Crippen LogP contribution is -2.29. The first-order valence-corrected chi connectivity index (χ1v) is 8.15. The molecule has 1 aromatic rings. The smallest absolute Gasteiger partial charge is 0.265 e. The Morgan fingerprint density at radius 2 is 2.24 bits per heavy atom. The number of pyridine rings is 1. The average Bonchev–Trinajstić information content (AvgIpc) is 2.83. The predicted octanol–water partition coefficient (Wildman–Crippen LogP) is 1.64. The van der Waals surface area contributed by atoms with Crippen molar-refractivity contribution in [1.82, 2.24) is 9.71 Å². The molecule has 1 N–H and O–H groups in total. The quantitative estimate of drug-likeness (QED) is 0.855. The molecule has 7 heteroatoms. The molecule has 21 heavy (non-hydrogen) atoms. The van der Waals surface area contributed by atoms with Crippen LogP contribution in [0, 0.1) is 5.92 Å². The molecule has 0 aromatic carbocycles. The fourth-order valence-electron chi connectivity index (χ4n) is 2.27. The lowest BCUT2D eigenvalue weighted by atomic mass is 10.1. The van der Waals surface area contributed by atoms with Crippen LogP contribution in [0.3, 0.4) is 0 Å². The molecule has 1 heterocycles. The molecular formula is C14H18N2O4S. The number of nitrogens with one attached hydrogen (secondary N) is 1. The minimum absolute atomic E-state index is 0.0742. The molecule has 0 radical (unpaired) electrons. The number of hydrogen-bond donors (Lipinski definition) is 1. The summed E-state index contributed by atoms with van der Waals surface area (Å²) >= 11 is 0. The number of allylic oxidation sites excluding steroid dienone is 1. The fourth-order valence-corrected chi connectivity index (χ4v) is 3.15. The summed E-state index contributed by atoms with van der Waals surface area (Å²) in [7, 11) is -2.46. The first-order chi connectivity index (χ1) is 9.90. The molecule has 1 aliphatic carbocycles. The van der Waals surface area contributed by atoms with Gasteiger partial charge in [-0.1, -0.05) is 12.5 Å². The Morgan fingerprint density at radius 1 is 1.48 bits per heavy atom. The normalized spacial score (nSPS) is 20.5. The number of carbonyl (C=O) groups is 1. The maximum absolute atomic E-state index is 12.0. The zero-order chi connectivity index (χ0) is 15.5. The first-order valence-electron chi connectivity index (χ1n) is 6.67. The topological polar surface area (TPSA) is 85.4 Å². The standard InChI is InChI=1S/C14H18N2O4S/c1-10-3-4-11(7-10)8-13(17)16-21(18,19)12-5-6-14(20-2)15-9-12/h5-6,8-10H,3-4,7H2,1-2H3,(H,16,17)/b11-8-. The number of rotatable bonds is 4. The maximum Gasteiger partial charge on any atom is 0.265 e. The lowest BCUT2D eigenvalue weighted by molar-refractivity contribution is -0.114. The summed E-state index contributed by atoms with van der Waals surface area (Å²) in [5.41, 5.74) is 0.989. The summed E-state index contributed by atoms with van der Waals surface area (Å²) in [6.45, 7) is 2.11. The molecule has 114 valence electrons. The van der Waals surface area contributed by atoms with Gasteiger partial charge in [0.15, 0.2) is 0 Å². The van der Waals surface area contributed by atoms with Crippen LogP contribution in [-0.2, 0) is 14.8 Å². The van der Waals surface area contributed by atoms with Gasteiger partial charge in [-0.15, -0.1) is 0 Å². The van der Waals surface area contributed by atoms with E-state index in [4.69, 9.17) is 4.74 Å². The Hall–Kier alpha value is -1.89. The van der Waals surface area contributed by atoms with E-state index in [-0.39, 0.29) is 4.90 Å². The Kier molecular flexibility index (Phi) is 4.62. The zero-order valence-corrected chi connectivity index (χ0v) is 12.8. The van der Waals surface area contributed by atoms with E-state index in [0.717, 1.165) is 31.0 Å². The number of amides is 1. The van der Waals surface area contributed by atoms with Gasteiger partial charge in [0.05, 0.1) is 13.3 Å². The van der Waals surface area contributed by atoms with E-state index in [0.29, 0.717) is 11.8 Å². The number of sulfonamides is 1. The number of aromatic nitrogens is 1. The molecule has 0 aliphatic heterocycles. The van der Waals surface area contributed by atoms with Crippen molar-refractivity contribution in [1.29, 1.82) is 0 Å². The summed E-state index contributed by atoms with van der Waals surface area (Å²) < 4.78 is 31.0. The van der Waals surface area contributed by atoms with Crippen LogP contribution in [-0.4, -0.2) is 26.4 Å². The molecule has 1 unspecified atom stereocenters. The third-order valence-corrected chi connectivity index (χ3v) is 4.70. The van der Waals surface area contributed by atoms with Crippen molar-refractivity contribution in [2.24, 2.45) is 5.92 Å². The monoisotopic (exact) mass is 310 g/mol. The summed E-state index contributed by atoms with van der Waals surface area (Å²) in [5, 5.41) is 0. The lowest BCUT2D eigenvalue weighted by Gasteiger charge is -2.06. The highest BCUT2D eigenvalue weighted by molar-refractivity contribution is 7.90. The van der Waals surface area contributed by atoms with E-state index in [1.54, 1.807) is 0 Å². The van der Waals surface area contributed by atoms with Gasteiger partial charge < -0.3 is 4.74 Å².